The van der Waals surface area contributed by atoms with Gasteiger partial charge in [-0.15, -0.1) is 0 Å². The lowest BCUT2D eigenvalue weighted by Gasteiger charge is -2.30. The molecular weight excluding hydrogens is 292 g/mol. The van der Waals surface area contributed by atoms with E-state index in [1.165, 1.54) is 5.56 Å². The average molecular weight is 311 g/mol. The minimum Gasteiger partial charge on any atom is -0.341 e. The molecule has 0 spiro atoms. The Labute approximate surface area is 116 Å². The van der Waals surface area contributed by atoms with Gasteiger partial charge >= 0.3 is 0 Å². The number of likely N-dealkylation sites (tertiary alicyclic amines) is 1. The summed E-state index contributed by atoms with van der Waals surface area (Å²) in [4.78, 5) is 14.0. The lowest BCUT2D eigenvalue weighted by Crippen LogP contribution is -2.45. The Balaban J connectivity index is 1.86. The van der Waals surface area contributed by atoms with E-state index in [1.54, 1.807) is 0 Å². The molecule has 1 amide bonds. The van der Waals surface area contributed by atoms with Crippen LogP contribution in [0.15, 0.2) is 28.7 Å². The van der Waals surface area contributed by atoms with Crippen molar-refractivity contribution in [2.45, 2.75) is 31.7 Å². The van der Waals surface area contributed by atoms with E-state index in [0.717, 1.165) is 36.8 Å². The van der Waals surface area contributed by atoms with Gasteiger partial charge in [0.1, 0.15) is 0 Å². The zero-order valence-corrected chi connectivity index (χ0v) is 12.0. The molecule has 1 aromatic carbocycles. The Hall–Kier alpha value is -0.870. The van der Waals surface area contributed by atoms with Crippen LogP contribution < -0.4 is 5.73 Å². The quantitative estimate of drug-likeness (QED) is 0.931. The Kier molecular flexibility index (Phi) is 4.78. The molecule has 1 aliphatic heterocycles. The van der Waals surface area contributed by atoms with E-state index in [-0.39, 0.29) is 11.9 Å². The van der Waals surface area contributed by atoms with Gasteiger partial charge in [0.05, 0.1) is 0 Å². The standard InChI is InChI=1S/C14H19BrN2O/c15-13-6-2-1-4-11(13)7-8-14(18)17-9-3-5-12(16)10-17/h1-2,4,6,12H,3,5,7-10,16H2. The third-order valence-electron chi connectivity index (χ3n) is 3.38. The van der Waals surface area contributed by atoms with Gasteiger partial charge in [-0.25, -0.2) is 0 Å². The monoisotopic (exact) mass is 310 g/mol. The molecule has 0 aliphatic carbocycles. The summed E-state index contributed by atoms with van der Waals surface area (Å²) >= 11 is 3.51. The largest absolute Gasteiger partial charge is 0.341 e. The molecule has 0 radical (unpaired) electrons. The first-order valence-corrected chi connectivity index (χ1v) is 7.23. The van der Waals surface area contributed by atoms with Crippen molar-refractivity contribution in [3.63, 3.8) is 0 Å². The van der Waals surface area contributed by atoms with Crippen molar-refractivity contribution in [1.82, 2.24) is 4.90 Å². The second-order valence-electron chi connectivity index (χ2n) is 4.83. The van der Waals surface area contributed by atoms with E-state index in [0.29, 0.717) is 6.42 Å². The molecule has 2 rings (SSSR count). The number of aryl methyl sites for hydroxylation is 1. The fourth-order valence-electron chi connectivity index (χ4n) is 2.34. The lowest BCUT2D eigenvalue weighted by atomic mass is 10.0. The summed E-state index contributed by atoms with van der Waals surface area (Å²) in [6.45, 7) is 1.58. The number of carbonyl (C=O) groups is 1. The highest BCUT2D eigenvalue weighted by atomic mass is 79.9. The highest BCUT2D eigenvalue weighted by Crippen LogP contribution is 2.18. The van der Waals surface area contributed by atoms with Crippen LogP contribution in [0.2, 0.25) is 0 Å². The molecule has 18 heavy (non-hydrogen) atoms. The van der Waals surface area contributed by atoms with Crippen LogP contribution in [0.25, 0.3) is 0 Å². The summed E-state index contributed by atoms with van der Waals surface area (Å²) in [5, 5.41) is 0. The molecule has 3 nitrogen and oxygen atoms in total. The Morgan fingerprint density at radius 2 is 2.22 bits per heavy atom. The summed E-state index contributed by atoms with van der Waals surface area (Å²) in [7, 11) is 0. The van der Waals surface area contributed by atoms with E-state index < -0.39 is 0 Å². The Morgan fingerprint density at radius 3 is 2.94 bits per heavy atom. The van der Waals surface area contributed by atoms with Gasteiger partial charge in [-0.3, -0.25) is 4.79 Å². The molecule has 1 unspecified atom stereocenters. The number of piperidine rings is 1. The summed E-state index contributed by atoms with van der Waals surface area (Å²) in [6, 6.07) is 8.21. The first kappa shape index (κ1) is 13.6. The van der Waals surface area contributed by atoms with Gasteiger partial charge in [0.2, 0.25) is 5.91 Å². The molecule has 1 heterocycles. The van der Waals surface area contributed by atoms with Crippen LogP contribution in [0.5, 0.6) is 0 Å². The highest BCUT2D eigenvalue weighted by molar-refractivity contribution is 9.10. The van der Waals surface area contributed by atoms with Crippen molar-refractivity contribution < 1.29 is 4.79 Å². The van der Waals surface area contributed by atoms with Crippen molar-refractivity contribution >= 4 is 21.8 Å². The van der Waals surface area contributed by atoms with Gasteiger partial charge in [0.15, 0.2) is 0 Å². The van der Waals surface area contributed by atoms with Gasteiger partial charge in [0, 0.05) is 30.0 Å². The van der Waals surface area contributed by atoms with E-state index in [4.69, 9.17) is 5.73 Å². The number of rotatable bonds is 3. The van der Waals surface area contributed by atoms with Crippen molar-refractivity contribution in [3.8, 4) is 0 Å². The highest BCUT2D eigenvalue weighted by Gasteiger charge is 2.20. The fourth-order valence-corrected chi connectivity index (χ4v) is 2.82. The van der Waals surface area contributed by atoms with Crippen molar-refractivity contribution in [1.29, 1.82) is 0 Å². The summed E-state index contributed by atoms with van der Waals surface area (Å²) in [6.07, 6.45) is 3.41. The van der Waals surface area contributed by atoms with E-state index in [2.05, 4.69) is 22.0 Å². The topological polar surface area (TPSA) is 46.3 Å². The van der Waals surface area contributed by atoms with Crippen LogP contribution in [-0.4, -0.2) is 29.9 Å². The predicted octanol–water partition coefficient (Wildman–Crippen LogP) is 2.33. The smallest absolute Gasteiger partial charge is 0.222 e. The van der Waals surface area contributed by atoms with Gasteiger partial charge in [-0.1, -0.05) is 34.1 Å². The number of carbonyl (C=O) groups excluding carboxylic acids is 1. The second kappa shape index (κ2) is 6.34. The Bertz CT molecular complexity index is 422. The number of amides is 1. The number of hydrogen-bond acceptors (Lipinski definition) is 2. The maximum atomic E-state index is 12.1. The van der Waals surface area contributed by atoms with Crippen molar-refractivity contribution in [2.75, 3.05) is 13.1 Å². The third-order valence-corrected chi connectivity index (χ3v) is 4.15. The SMILES string of the molecule is NC1CCCN(C(=O)CCc2ccccc2Br)C1. The first-order chi connectivity index (χ1) is 8.66. The van der Waals surface area contributed by atoms with Gasteiger partial charge < -0.3 is 10.6 Å². The number of benzene rings is 1. The zero-order valence-electron chi connectivity index (χ0n) is 10.4. The molecule has 1 saturated heterocycles. The van der Waals surface area contributed by atoms with Gasteiger partial charge in [0.25, 0.3) is 0 Å². The van der Waals surface area contributed by atoms with Crippen LogP contribution in [0.1, 0.15) is 24.8 Å². The molecule has 1 fully saturated rings. The lowest BCUT2D eigenvalue weighted by molar-refractivity contribution is -0.132. The molecule has 1 aromatic rings. The molecule has 2 N–H and O–H groups in total. The van der Waals surface area contributed by atoms with Crippen molar-refractivity contribution in [3.05, 3.63) is 34.3 Å². The van der Waals surface area contributed by atoms with E-state index in [9.17, 15) is 4.79 Å². The van der Waals surface area contributed by atoms with Gasteiger partial charge in [-0.05, 0) is 30.9 Å². The van der Waals surface area contributed by atoms with E-state index >= 15 is 0 Å². The molecule has 4 heteroatoms. The van der Waals surface area contributed by atoms with Crippen LogP contribution in [0, 0.1) is 0 Å². The average Bonchev–Trinajstić information content (AvgIpc) is 2.37. The van der Waals surface area contributed by atoms with Crippen LogP contribution in [0.3, 0.4) is 0 Å². The summed E-state index contributed by atoms with van der Waals surface area (Å²) in [5.74, 6) is 0.223. The zero-order chi connectivity index (χ0) is 13.0. The number of nitrogens with zero attached hydrogens (tertiary/aromatic N) is 1. The fraction of sp³-hybridized carbons (Fsp3) is 0.500. The van der Waals surface area contributed by atoms with Crippen LogP contribution in [0.4, 0.5) is 0 Å². The van der Waals surface area contributed by atoms with E-state index in [1.807, 2.05) is 23.1 Å². The maximum Gasteiger partial charge on any atom is 0.222 e. The normalized spacial score (nSPS) is 19.9. The Morgan fingerprint density at radius 1 is 1.44 bits per heavy atom. The predicted molar refractivity (Wildman–Crippen MR) is 76.3 cm³/mol. The number of nitrogens with two attached hydrogens (primary N) is 1. The summed E-state index contributed by atoms with van der Waals surface area (Å²) < 4.78 is 1.08. The van der Waals surface area contributed by atoms with Crippen molar-refractivity contribution in [2.24, 2.45) is 5.73 Å². The molecule has 0 aromatic heterocycles. The number of halogens is 1. The van der Waals surface area contributed by atoms with Gasteiger partial charge in [-0.2, -0.15) is 0 Å². The van der Waals surface area contributed by atoms with Crippen LogP contribution in [-0.2, 0) is 11.2 Å². The molecule has 1 aliphatic rings. The molecule has 98 valence electrons. The number of hydrogen-bond donors (Lipinski definition) is 1. The molecular formula is C14H19BrN2O. The minimum atomic E-state index is 0.158. The second-order valence-corrected chi connectivity index (χ2v) is 5.69. The minimum absolute atomic E-state index is 0.158. The molecule has 0 saturated carbocycles. The molecule has 0 bridgehead atoms. The van der Waals surface area contributed by atoms with Crippen LogP contribution >= 0.6 is 15.9 Å². The maximum absolute atomic E-state index is 12.1. The third kappa shape index (κ3) is 3.56. The summed E-state index contributed by atoms with van der Waals surface area (Å²) in [5.41, 5.74) is 7.08. The first-order valence-electron chi connectivity index (χ1n) is 6.43. The molecule has 1 atom stereocenters.